The number of nitrogens with one attached hydrogen (secondary N) is 1. The molecule has 1 unspecified atom stereocenters. The average Bonchev–Trinajstić information content (AvgIpc) is 2.73. The van der Waals surface area contributed by atoms with E-state index in [-0.39, 0.29) is 22.6 Å². The first-order valence-electron chi connectivity index (χ1n) is 6.70. The van der Waals surface area contributed by atoms with Gasteiger partial charge in [-0.15, -0.1) is 0 Å². The molecule has 6 heteroatoms. The zero-order valence-corrected chi connectivity index (χ0v) is 14.1. The van der Waals surface area contributed by atoms with Crippen LogP contribution in [0.1, 0.15) is 35.5 Å². The van der Waals surface area contributed by atoms with Gasteiger partial charge in [-0.05, 0) is 55.9 Å². The molecule has 1 atom stereocenters. The molecule has 0 aliphatic heterocycles. The van der Waals surface area contributed by atoms with E-state index in [2.05, 4.69) is 26.3 Å². The number of aromatic nitrogens is 2. The van der Waals surface area contributed by atoms with E-state index in [4.69, 9.17) is 0 Å². The molecule has 0 bridgehead atoms. The normalized spacial score (nSPS) is 12.7. The number of rotatable bonds is 4. The lowest BCUT2D eigenvalue weighted by molar-refractivity contribution is 0.524. The van der Waals surface area contributed by atoms with Crippen LogP contribution in [-0.2, 0) is 6.54 Å². The summed E-state index contributed by atoms with van der Waals surface area (Å²) in [5.41, 5.74) is 2.85. The zero-order chi connectivity index (χ0) is 15.7. The van der Waals surface area contributed by atoms with Crippen molar-refractivity contribution in [2.45, 2.75) is 33.4 Å². The van der Waals surface area contributed by atoms with Gasteiger partial charge in [-0.2, -0.15) is 5.10 Å². The molecule has 0 aliphatic rings. The minimum absolute atomic E-state index is 0.0126. The fraction of sp³-hybridized carbons (Fsp3) is 0.400. The molecule has 2 aromatic rings. The summed E-state index contributed by atoms with van der Waals surface area (Å²) in [5, 5.41) is 7.58. The van der Waals surface area contributed by atoms with Crippen molar-refractivity contribution in [1.29, 1.82) is 0 Å². The zero-order valence-electron chi connectivity index (χ0n) is 12.5. The first-order chi connectivity index (χ1) is 9.86. The predicted octanol–water partition coefficient (Wildman–Crippen LogP) is 3.87. The van der Waals surface area contributed by atoms with Crippen molar-refractivity contribution in [2.75, 3.05) is 7.05 Å². The Labute approximate surface area is 131 Å². The molecule has 0 saturated heterocycles. The molecule has 0 fully saturated rings. The van der Waals surface area contributed by atoms with Gasteiger partial charge in [0.2, 0.25) is 0 Å². The summed E-state index contributed by atoms with van der Waals surface area (Å²) >= 11 is 3.08. The monoisotopic (exact) mass is 357 g/mol. The molecule has 1 aromatic heterocycles. The maximum Gasteiger partial charge on any atom is 0.145 e. The van der Waals surface area contributed by atoms with Crippen LogP contribution in [0.15, 0.2) is 16.6 Å². The first kappa shape index (κ1) is 16.1. The molecule has 0 amide bonds. The smallest absolute Gasteiger partial charge is 0.145 e. The van der Waals surface area contributed by atoms with E-state index in [1.165, 1.54) is 12.1 Å². The van der Waals surface area contributed by atoms with Gasteiger partial charge in [0.1, 0.15) is 11.6 Å². The number of halogens is 3. The fourth-order valence-electron chi connectivity index (χ4n) is 2.50. The maximum atomic E-state index is 14.1. The maximum absolute atomic E-state index is 14.1. The quantitative estimate of drug-likeness (QED) is 0.841. The number of nitrogens with zero attached hydrogens (tertiary/aromatic N) is 2. The Morgan fingerprint density at radius 3 is 2.62 bits per heavy atom. The molecule has 1 aromatic carbocycles. The summed E-state index contributed by atoms with van der Waals surface area (Å²) in [6, 6.07) is 2.76. The molecule has 0 spiro atoms. The molecule has 0 radical (unpaired) electrons. The molecule has 2 rings (SSSR count). The van der Waals surface area contributed by atoms with Gasteiger partial charge in [-0.1, -0.05) is 0 Å². The number of benzene rings is 1. The van der Waals surface area contributed by atoms with Gasteiger partial charge in [0, 0.05) is 22.9 Å². The first-order valence-corrected chi connectivity index (χ1v) is 7.49. The molecule has 1 heterocycles. The summed E-state index contributed by atoms with van der Waals surface area (Å²) in [7, 11) is 1.87. The average molecular weight is 358 g/mol. The molecule has 0 aliphatic carbocycles. The summed E-state index contributed by atoms with van der Waals surface area (Å²) in [5.74, 6) is -1.14. The van der Waals surface area contributed by atoms with Gasteiger partial charge in [0.25, 0.3) is 0 Å². The second-order valence-corrected chi connectivity index (χ2v) is 5.93. The third-order valence-electron chi connectivity index (χ3n) is 3.75. The topological polar surface area (TPSA) is 29.9 Å². The number of hydrogen-bond acceptors (Lipinski definition) is 2. The Balaban J connectivity index is 2.44. The van der Waals surface area contributed by atoms with Crippen LogP contribution >= 0.6 is 15.9 Å². The van der Waals surface area contributed by atoms with Crippen LogP contribution in [0.5, 0.6) is 0 Å². The van der Waals surface area contributed by atoms with Crippen LogP contribution in [0.25, 0.3) is 0 Å². The van der Waals surface area contributed by atoms with E-state index in [1.54, 1.807) is 4.68 Å². The lowest BCUT2D eigenvalue weighted by Gasteiger charge is -2.12. The molecular weight excluding hydrogens is 340 g/mol. The summed E-state index contributed by atoms with van der Waals surface area (Å²) in [4.78, 5) is 0. The minimum atomic E-state index is -0.578. The third kappa shape index (κ3) is 3.01. The molecule has 21 heavy (non-hydrogen) atoms. The van der Waals surface area contributed by atoms with Crippen molar-refractivity contribution >= 4 is 15.9 Å². The second-order valence-electron chi connectivity index (χ2n) is 5.07. The largest absolute Gasteiger partial charge is 0.313 e. The molecule has 114 valence electrons. The van der Waals surface area contributed by atoms with Crippen molar-refractivity contribution in [1.82, 2.24) is 15.1 Å². The van der Waals surface area contributed by atoms with Gasteiger partial charge in [0.05, 0.1) is 16.7 Å². The van der Waals surface area contributed by atoms with E-state index in [0.29, 0.717) is 0 Å². The summed E-state index contributed by atoms with van der Waals surface area (Å²) in [6.45, 7) is 5.92. The van der Waals surface area contributed by atoms with E-state index < -0.39 is 11.6 Å². The van der Waals surface area contributed by atoms with E-state index in [9.17, 15) is 8.78 Å². The van der Waals surface area contributed by atoms with Crippen LogP contribution in [-0.4, -0.2) is 16.8 Å². The van der Waals surface area contributed by atoms with E-state index >= 15 is 0 Å². The molecule has 0 saturated carbocycles. The Bertz CT molecular complexity index is 667. The Morgan fingerprint density at radius 2 is 2.00 bits per heavy atom. The van der Waals surface area contributed by atoms with Gasteiger partial charge >= 0.3 is 0 Å². The van der Waals surface area contributed by atoms with Crippen molar-refractivity contribution in [3.63, 3.8) is 0 Å². The van der Waals surface area contributed by atoms with Crippen molar-refractivity contribution in [2.24, 2.45) is 0 Å². The summed E-state index contributed by atoms with van der Waals surface area (Å²) in [6.07, 6.45) is 0. The van der Waals surface area contributed by atoms with Crippen LogP contribution in [0.3, 0.4) is 0 Å². The highest BCUT2D eigenvalue weighted by Crippen LogP contribution is 2.25. The van der Waals surface area contributed by atoms with Gasteiger partial charge in [-0.25, -0.2) is 8.78 Å². The van der Waals surface area contributed by atoms with Crippen LogP contribution in [0.4, 0.5) is 8.78 Å². The molecule has 1 N–H and O–H groups in total. The van der Waals surface area contributed by atoms with E-state index in [0.717, 1.165) is 17.0 Å². The minimum Gasteiger partial charge on any atom is -0.313 e. The fourth-order valence-corrected chi connectivity index (χ4v) is 2.87. The highest BCUT2D eigenvalue weighted by atomic mass is 79.9. The van der Waals surface area contributed by atoms with Crippen molar-refractivity contribution in [3.8, 4) is 0 Å². The molecule has 3 nitrogen and oxygen atoms in total. The highest BCUT2D eigenvalue weighted by molar-refractivity contribution is 9.10. The highest BCUT2D eigenvalue weighted by Gasteiger charge is 2.19. The lowest BCUT2D eigenvalue weighted by atomic mass is 10.1. The standard InChI is InChI=1S/C15H18BrF2N3/c1-8(19-4)14-9(2)20-21(10(14)3)7-11-13(17)6-5-12(16)15(11)18/h5-6,8,19H,7H2,1-4H3. The van der Waals surface area contributed by atoms with Gasteiger partial charge in [0.15, 0.2) is 0 Å². The van der Waals surface area contributed by atoms with Crippen molar-refractivity contribution in [3.05, 3.63) is 50.8 Å². The number of aryl methyl sites for hydroxylation is 1. The van der Waals surface area contributed by atoms with Crippen LogP contribution < -0.4 is 5.32 Å². The third-order valence-corrected chi connectivity index (χ3v) is 4.36. The SMILES string of the molecule is CNC(C)c1c(C)nn(Cc2c(F)ccc(Br)c2F)c1C. The Hall–Kier alpha value is -1.27. The predicted molar refractivity (Wildman–Crippen MR) is 82.3 cm³/mol. The lowest BCUT2D eigenvalue weighted by Crippen LogP contribution is -2.14. The number of hydrogen-bond donors (Lipinski definition) is 1. The van der Waals surface area contributed by atoms with Gasteiger partial charge < -0.3 is 5.32 Å². The van der Waals surface area contributed by atoms with Crippen LogP contribution in [0, 0.1) is 25.5 Å². The van der Waals surface area contributed by atoms with Crippen molar-refractivity contribution < 1.29 is 8.78 Å². The second kappa shape index (κ2) is 6.23. The van der Waals surface area contributed by atoms with Gasteiger partial charge in [-0.3, -0.25) is 4.68 Å². The molecular formula is C15H18BrF2N3. The Morgan fingerprint density at radius 1 is 1.33 bits per heavy atom. The van der Waals surface area contributed by atoms with E-state index in [1.807, 2.05) is 27.8 Å². The van der Waals surface area contributed by atoms with Crippen LogP contribution in [0.2, 0.25) is 0 Å². The Kier molecular flexibility index (Phi) is 4.78. The summed E-state index contributed by atoms with van der Waals surface area (Å²) < 4.78 is 29.8.